The maximum absolute atomic E-state index is 12.0. The molecule has 162 valence electrons. The van der Waals surface area contributed by atoms with Gasteiger partial charge in [0.05, 0.1) is 26.4 Å². The van der Waals surface area contributed by atoms with Gasteiger partial charge in [0.25, 0.3) is 0 Å². The van der Waals surface area contributed by atoms with Gasteiger partial charge in [0, 0.05) is 18.0 Å². The van der Waals surface area contributed by atoms with Crippen molar-refractivity contribution in [2.45, 2.75) is 6.42 Å². The molecule has 1 N–H and O–H groups in total. The smallest absolute Gasteiger partial charge is 0.243 e. The molecule has 3 aromatic rings. The van der Waals surface area contributed by atoms with E-state index in [1.54, 1.807) is 33.5 Å². The van der Waals surface area contributed by atoms with E-state index in [1.807, 2.05) is 42.5 Å². The first-order chi connectivity index (χ1) is 15.0. The van der Waals surface area contributed by atoms with Crippen molar-refractivity contribution in [2.75, 3.05) is 27.9 Å². The minimum Gasteiger partial charge on any atom is -0.493 e. The lowest BCUT2D eigenvalue weighted by atomic mass is 10.1. The van der Waals surface area contributed by atoms with Crippen LogP contribution in [0.4, 0.5) is 0 Å². The molecule has 1 amide bonds. The predicted molar refractivity (Wildman–Crippen MR) is 122 cm³/mol. The largest absolute Gasteiger partial charge is 0.493 e. The van der Waals surface area contributed by atoms with Crippen molar-refractivity contribution in [3.05, 3.63) is 72.0 Å². The van der Waals surface area contributed by atoms with Crippen molar-refractivity contribution >= 4 is 33.5 Å². The Balaban J connectivity index is 1.54. The lowest BCUT2D eigenvalue weighted by Gasteiger charge is -2.09. The molecule has 0 aliphatic rings. The number of allylic oxidation sites excluding steroid dienone is 2. The molecule has 0 bridgehead atoms. The first-order valence-electron chi connectivity index (χ1n) is 9.65. The lowest BCUT2D eigenvalue weighted by molar-refractivity contribution is -0.116. The standard InChI is InChI=1S/C24H24ClNO5/c1-28-19-11-10-16(14-22(19)30-3)12-13-26-23(27)9-5-7-18(25)21-15-17-6-4-8-20(29-2)24(17)31-21/h4-11,14-15H,12-13H2,1-3H3,(H,26,27). The van der Waals surface area contributed by atoms with E-state index in [0.29, 0.717) is 46.6 Å². The zero-order valence-electron chi connectivity index (χ0n) is 17.6. The number of furan rings is 1. The number of hydrogen-bond acceptors (Lipinski definition) is 5. The molecular weight excluding hydrogens is 418 g/mol. The van der Waals surface area contributed by atoms with Crippen LogP contribution in [0.15, 0.2) is 65.1 Å². The van der Waals surface area contributed by atoms with Crippen LogP contribution in [0.1, 0.15) is 11.3 Å². The summed E-state index contributed by atoms with van der Waals surface area (Å²) in [7, 11) is 4.77. The van der Waals surface area contributed by atoms with Crippen LogP contribution in [0.5, 0.6) is 17.2 Å². The number of hydrogen-bond donors (Lipinski definition) is 1. The van der Waals surface area contributed by atoms with Gasteiger partial charge in [0.1, 0.15) is 5.76 Å². The van der Waals surface area contributed by atoms with Crippen LogP contribution in [-0.2, 0) is 11.2 Å². The number of carbonyl (C=O) groups excluding carboxylic acids is 1. The molecule has 2 aromatic carbocycles. The van der Waals surface area contributed by atoms with E-state index in [0.717, 1.165) is 10.9 Å². The summed E-state index contributed by atoms with van der Waals surface area (Å²) in [5.74, 6) is 2.25. The molecule has 0 aliphatic heterocycles. The number of nitrogens with one attached hydrogen (secondary N) is 1. The average Bonchev–Trinajstić information content (AvgIpc) is 3.23. The van der Waals surface area contributed by atoms with Gasteiger partial charge in [0.2, 0.25) is 5.91 Å². The molecule has 0 saturated carbocycles. The summed E-state index contributed by atoms with van der Waals surface area (Å²) in [6.45, 7) is 0.486. The highest BCUT2D eigenvalue weighted by molar-refractivity contribution is 6.48. The van der Waals surface area contributed by atoms with Gasteiger partial charge in [-0.2, -0.15) is 0 Å². The van der Waals surface area contributed by atoms with Crippen molar-refractivity contribution in [3.8, 4) is 17.2 Å². The van der Waals surface area contributed by atoms with Gasteiger partial charge in [-0.15, -0.1) is 0 Å². The second-order valence-corrected chi connectivity index (χ2v) is 7.00. The van der Waals surface area contributed by atoms with Gasteiger partial charge < -0.3 is 23.9 Å². The van der Waals surface area contributed by atoms with Crippen molar-refractivity contribution in [1.29, 1.82) is 0 Å². The first-order valence-corrected chi connectivity index (χ1v) is 10.0. The van der Waals surface area contributed by atoms with Gasteiger partial charge in [-0.05, 0) is 42.3 Å². The topological polar surface area (TPSA) is 69.9 Å². The molecule has 31 heavy (non-hydrogen) atoms. The molecule has 0 saturated heterocycles. The number of para-hydroxylation sites is 1. The van der Waals surface area contributed by atoms with Crippen molar-refractivity contribution in [3.63, 3.8) is 0 Å². The molecule has 1 heterocycles. The third kappa shape index (κ3) is 5.61. The summed E-state index contributed by atoms with van der Waals surface area (Å²) < 4.78 is 21.6. The molecule has 6 nitrogen and oxygen atoms in total. The molecule has 0 unspecified atom stereocenters. The number of halogens is 1. The van der Waals surface area contributed by atoms with E-state index in [9.17, 15) is 4.79 Å². The van der Waals surface area contributed by atoms with E-state index < -0.39 is 0 Å². The first kappa shape index (κ1) is 22.3. The zero-order valence-corrected chi connectivity index (χ0v) is 18.4. The zero-order chi connectivity index (χ0) is 22.2. The molecule has 0 atom stereocenters. The van der Waals surface area contributed by atoms with E-state index in [2.05, 4.69) is 5.32 Å². The van der Waals surface area contributed by atoms with Gasteiger partial charge in [-0.25, -0.2) is 0 Å². The third-order valence-electron chi connectivity index (χ3n) is 4.61. The summed E-state index contributed by atoms with van der Waals surface area (Å²) in [5, 5.41) is 4.11. The molecule has 3 rings (SSSR count). The molecule has 0 spiro atoms. The lowest BCUT2D eigenvalue weighted by Crippen LogP contribution is -2.23. The third-order valence-corrected chi connectivity index (χ3v) is 4.93. The Morgan fingerprint density at radius 3 is 2.55 bits per heavy atom. The van der Waals surface area contributed by atoms with Crippen LogP contribution in [-0.4, -0.2) is 33.8 Å². The summed E-state index contributed by atoms with van der Waals surface area (Å²) in [5.41, 5.74) is 1.66. The van der Waals surface area contributed by atoms with Crippen molar-refractivity contribution < 1.29 is 23.4 Å². The number of rotatable bonds is 9. The molecular formula is C24H24ClNO5. The minimum absolute atomic E-state index is 0.215. The fraction of sp³-hybridized carbons (Fsp3) is 0.208. The van der Waals surface area contributed by atoms with Crippen LogP contribution >= 0.6 is 11.6 Å². The maximum atomic E-state index is 12.0. The van der Waals surface area contributed by atoms with Crippen LogP contribution in [0.25, 0.3) is 16.0 Å². The fourth-order valence-electron chi connectivity index (χ4n) is 3.04. The molecule has 1 aromatic heterocycles. The van der Waals surface area contributed by atoms with Crippen LogP contribution in [0.2, 0.25) is 0 Å². The van der Waals surface area contributed by atoms with E-state index in [1.165, 1.54) is 6.08 Å². The molecule has 0 aliphatic carbocycles. The average molecular weight is 442 g/mol. The Hall–Kier alpha value is -3.38. The maximum Gasteiger partial charge on any atom is 0.243 e. The van der Waals surface area contributed by atoms with E-state index in [4.69, 9.17) is 30.2 Å². The van der Waals surface area contributed by atoms with Crippen molar-refractivity contribution in [2.24, 2.45) is 0 Å². The Morgan fingerprint density at radius 1 is 1.03 bits per heavy atom. The Morgan fingerprint density at radius 2 is 1.81 bits per heavy atom. The van der Waals surface area contributed by atoms with Gasteiger partial charge in [-0.1, -0.05) is 35.9 Å². The highest BCUT2D eigenvalue weighted by atomic mass is 35.5. The van der Waals surface area contributed by atoms with Crippen LogP contribution in [0.3, 0.4) is 0 Å². The van der Waals surface area contributed by atoms with Gasteiger partial charge in [-0.3, -0.25) is 4.79 Å². The SMILES string of the molecule is COc1ccc(CCNC(=O)C=CC=C(Cl)c2cc3cccc(OC)c3o2)cc1OC. The monoisotopic (exact) mass is 441 g/mol. The Kier molecular flexibility index (Phi) is 7.62. The number of carbonyl (C=O) groups is 1. The molecule has 7 heteroatoms. The molecule has 0 radical (unpaired) electrons. The highest BCUT2D eigenvalue weighted by Crippen LogP contribution is 2.32. The number of fused-ring (bicyclic) bond motifs is 1. The number of benzene rings is 2. The minimum atomic E-state index is -0.215. The fourth-order valence-corrected chi connectivity index (χ4v) is 3.21. The predicted octanol–water partition coefficient (Wildman–Crippen LogP) is 4.95. The van der Waals surface area contributed by atoms with Crippen LogP contribution < -0.4 is 19.5 Å². The quantitative estimate of drug-likeness (QED) is 0.375. The Bertz CT molecular complexity index is 1120. The number of amides is 1. The second kappa shape index (κ2) is 10.6. The summed E-state index contributed by atoms with van der Waals surface area (Å²) in [4.78, 5) is 12.0. The normalized spacial score (nSPS) is 11.7. The number of methoxy groups -OCH3 is 3. The van der Waals surface area contributed by atoms with Crippen LogP contribution in [0, 0.1) is 0 Å². The summed E-state index contributed by atoms with van der Waals surface area (Å²) in [6, 6.07) is 13.1. The van der Waals surface area contributed by atoms with Crippen molar-refractivity contribution in [1.82, 2.24) is 5.32 Å². The number of ether oxygens (including phenoxy) is 3. The summed E-state index contributed by atoms with van der Waals surface area (Å²) in [6.07, 6.45) is 5.27. The Labute approximate surface area is 186 Å². The highest BCUT2D eigenvalue weighted by Gasteiger charge is 2.10. The van der Waals surface area contributed by atoms with E-state index in [-0.39, 0.29) is 5.91 Å². The van der Waals surface area contributed by atoms with Gasteiger partial charge in [0.15, 0.2) is 22.8 Å². The summed E-state index contributed by atoms with van der Waals surface area (Å²) >= 11 is 6.32. The van der Waals surface area contributed by atoms with E-state index >= 15 is 0 Å². The van der Waals surface area contributed by atoms with Gasteiger partial charge >= 0.3 is 0 Å². The molecule has 0 fully saturated rings. The second-order valence-electron chi connectivity index (χ2n) is 6.59.